The van der Waals surface area contributed by atoms with Crippen molar-refractivity contribution in [2.45, 2.75) is 0 Å². The summed E-state index contributed by atoms with van der Waals surface area (Å²) in [5, 5.41) is 3.17. The van der Waals surface area contributed by atoms with Gasteiger partial charge in [-0.25, -0.2) is 15.0 Å². The van der Waals surface area contributed by atoms with Gasteiger partial charge in [0, 0.05) is 36.9 Å². The van der Waals surface area contributed by atoms with Crippen LogP contribution in [0.1, 0.15) is 0 Å². The lowest BCUT2D eigenvalue weighted by Gasteiger charge is -2.08. The minimum atomic E-state index is 0.497. The number of pyridine rings is 1. The molecular weight excluding hydrogens is 323 g/mol. The van der Waals surface area contributed by atoms with Crippen LogP contribution in [0.3, 0.4) is 0 Å². The molecule has 0 aliphatic rings. The molecule has 26 heavy (non-hydrogen) atoms. The van der Waals surface area contributed by atoms with Gasteiger partial charge in [-0.3, -0.25) is 4.98 Å². The molecule has 0 spiro atoms. The fraction of sp³-hybridized carbons (Fsp3) is 0.0526. The number of nitrogens with one attached hydrogen (secondary N) is 1. The maximum absolute atomic E-state index is 5.81. The van der Waals surface area contributed by atoms with Crippen molar-refractivity contribution in [2.75, 3.05) is 5.32 Å². The van der Waals surface area contributed by atoms with Crippen molar-refractivity contribution >= 4 is 24.9 Å². The molecule has 0 atom stereocenters. The van der Waals surface area contributed by atoms with E-state index in [2.05, 4.69) is 25.3 Å². The molecule has 4 rings (SSSR count). The van der Waals surface area contributed by atoms with E-state index in [4.69, 9.17) is 7.85 Å². The molecule has 6 nitrogen and oxygen atoms in total. The zero-order valence-corrected chi connectivity index (χ0v) is 14.2. The SMILES string of the molecule is [B]c1cccc(Nc2nccc(-c3cnc(-c4cccnc4)n3C)n2)c1. The van der Waals surface area contributed by atoms with Crippen molar-refractivity contribution < 1.29 is 0 Å². The van der Waals surface area contributed by atoms with E-state index >= 15 is 0 Å². The first kappa shape index (κ1) is 16.0. The number of anilines is 2. The Labute approximate surface area is 152 Å². The summed E-state index contributed by atoms with van der Waals surface area (Å²) in [6, 6.07) is 13.2. The predicted molar refractivity (Wildman–Crippen MR) is 103 cm³/mol. The fourth-order valence-corrected chi connectivity index (χ4v) is 2.72. The van der Waals surface area contributed by atoms with E-state index in [1.807, 2.05) is 54.1 Å². The highest BCUT2D eigenvalue weighted by Gasteiger charge is 2.12. The zero-order chi connectivity index (χ0) is 17.9. The van der Waals surface area contributed by atoms with Crippen LogP contribution >= 0.6 is 0 Å². The summed E-state index contributed by atoms with van der Waals surface area (Å²) in [6.07, 6.45) is 7.05. The molecule has 0 saturated carbocycles. The summed E-state index contributed by atoms with van der Waals surface area (Å²) >= 11 is 0. The first-order valence-electron chi connectivity index (χ1n) is 8.09. The van der Waals surface area contributed by atoms with Crippen molar-refractivity contribution in [3.05, 3.63) is 67.3 Å². The van der Waals surface area contributed by atoms with Gasteiger partial charge in [-0.2, -0.15) is 0 Å². The minimum Gasteiger partial charge on any atom is -0.326 e. The van der Waals surface area contributed by atoms with Crippen LogP contribution in [0.15, 0.2) is 67.3 Å². The summed E-state index contributed by atoms with van der Waals surface area (Å²) < 4.78 is 1.99. The predicted octanol–water partition coefficient (Wildman–Crippen LogP) is 2.48. The zero-order valence-electron chi connectivity index (χ0n) is 14.2. The summed E-state index contributed by atoms with van der Waals surface area (Å²) in [4.78, 5) is 17.5. The van der Waals surface area contributed by atoms with Crippen LogP contribution in [0.5, 0.6) is 0 Å². The Hall–Kier alpha value is -3.48. The van der Waals surface area contributed by atoms with Gasteiger partial charge in [-0.15, -0.1) is 0 Å². The van der Waals surface area contributed by atoms with E-state index < -0.39 is 0 Å². The van der Waals surface area contributed by atoms with Gasteiger partial charge >= 0.3 is 0 Å². The van der Waals surface area contributed by atoms with Gasteiger partial charge in [0.1, 0.15) is 13.7 Å². The second-order valence-electron chi connectivity index (χ2n) is 5.78. The summed E-state index contributed by atoms with van der Waals surface area (Å²) in [5.41, 5.74) is 4.13. The first-order chi connectivity index (χ1) is 12.7. The highest BCUT2D eigenvalue weighted by atomic mass is 15.1. The standard InChI is InChI=1S/C19H15BN6/c1-26-17(12-23-18(26)13-4-3-8-21-11-13)16-7-9-22-19(25-16)24-15-6-2-5-14(20)10-15/h2-12H,1H3,(H,22,24,25). The Morgan fingerprint density at radius 2 is 1.92 bits per heavy atom. The number of nitrogens with zero attached hydrogens (tertiary/aromatic N) is 5. The molecule has 3 heterocycles. The van der Waals surface area contributed by atoms with E-state index in [0.717, 1.165) is 28.5 Å². The van der Waals surface area contributed by atoms with E-state index in [1.165, 1.54) is 0 Å². The Bertz CT molecular complexity index is 1040. The molecule has 0 fully saturated rings. The molecule has 0 bridgehead atoms. The van der Waals surface area contributed by atoms with Crippen LogP contribution in [0, 0.1) is 0 Å². The molecule has 4 aromatic rings. The number of hydrogen-bond acceptors (Lipinski definition) is 5. The maximum Gasteiger partial charge on any atom is 0.227 e. The number of imidazole rings is 1. The Morgan fingerprint density at radius 1 is 1.00 bits per heavy atom. The normalized spacial score (nSPS) is 10.7. The molecule has 124 valence electrons. The van der Waals surface area contributed by atoms with Crippen molar-refractivity contribution in [3.8, 4) is 22.8 Å². The lowest BCUT2D eigenvalue weighted by Crippen LogP contribution is -2.04. The lowest BCUT2D eigenvalue weighted by molar-refractivity contribution is 0.924. The van der Waals surface area contributed by atoms with Gasteiger partial charge in [-0.1, -0.05) is 17.6 Å². The fourth-order valence-electron chi connectivity index (χ4n) is 2.72. The smallest absolute Gasteiger partial charge is 0.227 e. The summed E-state index contributed by atoms with van der Waals surface area (Å²) in [6.45, 7) is 0. The van der Waals surface area contributed by atoms with Gasteiger partial charge in [0.2, 0.25) is 5.95 Å². The second-order valence-corrected chi connectivity index (χ2v) is 5.78. The van der Waals surface area contributed by atoms with E-state index in [0.29, 0.717) is 11.4 Å². The molecule has 0 amide bonds. The number of rotatable bonds is 4. The van der Waals surface area contributed by atoms with Crippen molar-refractivity contribution in [2.24, 2.45) is 7.05 Å². The molecule has 2 radical (unpaired) electrons. The van der Waals surface area contributed by atoms with Crippen LogP contribution in [0.4, 0.5) is 11.6 Å². The van der Waals surface area contributed by atoms with Crippen LogP contribution in [-0.2, 0) is 7.05 Å². The number of hydrogen-bond donors (Lipinski definition) is 1. The second kappa shape index (κ2) is 6.80. The van der Waals surface area contributed by atoms with Crippen LogP contribution in [0.25, 0.3) is 22.8 Å². The molecular formula is C19H15BN6. The van der Waals surface area contributed by atoms with Crippen molar-refractivity contribution in [1.29, 1.82) is 0 Å². The molecule has 1 N–H and O–H groups in total. The maximum atomic E-state index is 5.81. The van der Waals surface area contributed by atoms with Gasteiger partial charge in [0.05, 0.1) is 17.6 Å². The molecule has 7 heteroatoms. The third-order valence-corrected chi connectivity index (χ3v) is 3.97. The topological polar surface area (TPSA) is 68.5 Å². The quantitative estimate of drug-likeness (QED) is 0.579. The van der Waals surface area contributed by atoms with Crippen molar-refractivity contribution in [1.82, 2.24) is 24.5 Å². The molecule has 3 aromatic heterocycles. The van der Waals surface area contributed by atoms with Crippen LogP contribution in [0.2, 0.25) is 0 Å². The number of benzene rings is 1. The van der Waals surface area contributed by atoms with Crippen LogP contribution in [-0.4, -0.2) is 32.3 Å². The van der Waals surface area contributed by atoms with E-state index in [1.54, 1.807) is 24.8 Å². The summed E-state index contributed by atoms with van der Waals surface area (Å²) in [7, 11) is 7.77. The summed E-state index contributed by atoms with van der Waals surface area (Å²) in [5.74, 6) is 1.33. The van der Waals surface area contributed by atoms with E-state index in [9.17, 15) is 0 Å². The highest BCUT2D eigenvalue weighted by Crippen LogP contribution is 2.24. The minimum absolute atomic E-state index is 0.497. The first-order valence-corrected chi connectivity index (χ1v) is 8.09. The molecule has 0 aliphatic heterocycles. The lowest BCUT2D eigenvalue weighted by atomic mass is 9.96. The van der Waals surface area contributed by atoms with Gasteiger partial charge in [-0.05, 0) is 30.3 Å². The average molecular weight is 338 g/mol. The average Bonchev–Trinajstić information content (AvgIpc) is 3.04. The third-order valence-electron chi connectivity index (χ3n) is 3.97. The third kappa shape index (κ3) is 3.19. The largest absolute Gasteiger partial charge is 0.326 e. The highest BCUT2D eigenvalue weighted by molar-refractivity contribution is 6.32. The Morgan fingerprint density at radius 3 is 2.73 bits per heavy atom. The van der Waals surface area contributed by atoms with Gasteiger partial charge in [0.25, 0.3) is 0 Å². The molecule has 0 unspecified atom stereocenters. The van der Waals surface area contributed by atoms with Crippen LogP contribution < -0.4 is 10.8 Å². The Balaban J connectivity index is 1.66. The molecule has 0 aliphatic carbocycles. The van der Waals surface area contributed by atoms with Gasteiger partial charge in [0.15, 0.2) is 0 Å². The Kier molecular flexibility index (Phi) is 4.19. The monoisotopic (exact) mass is 338 g/mol. The number of aromatic nitrogens is 5. The van der Waals surface area contributed by atoms with E-state index in [-0.39, 0.29) is 0 Å². The van der Waals surface area contributed by atoms with Gasteiger partial charge < -0.3 is 9.88 Å². The molecule has 0 saturated heterocycles. The molecule has 1 aromatic carbocycles. The van der Waals surface area contributed by atoms with Crippen molar-refractivity contribution in [3.63, 3.8) is 0 Å².